The molecule has 2 aliphatic heterocycles. The summed E-state index contributed by atoms with van der Waals surface area (Å²) in [6.45, 7) is 3.91. The minimum atomic E-state index is -0.729. The molecule has 0 spiro atoms. The molecule has 1 N–H and O–H groups in total. The lowest BCUT2D eigenvalue weighted by Crippen LogP contribution is -2.30. The summed E-state index contributed by atoms with van der Waals surface area (Å²) in [6.07, 6.45) is 14.1. The van der Waals surface area contributed by atoms with Gasteiger partial charge < -0.3 is 14.6 Å². The molecule has 2 bridgehead atoms. The molecule has 4 atom stereocenters. The Balaban J connectivity index is 1.68. The second-order valence-corrected chi connectivity index (χ2v) is 6.89. The van der Waals surface area contributed by atoms with Crippen LogP contribution in [0.25, 0.3) is 0 Å². The first-order valence-electron chi connectivity index (χ1n) is 9.32. The fourth-order valence-corrected chi connectivity index (χ4v) is 3.86. The maximum atomic E-state index is 10.5. The molecule has 0 amide bonds. The number of carbonyl (C=O) groups is 1. The zero-order chi connectivity index (χ0) is 16.5. The highest BCUT2D eigenvalue weighted by Gasteiger charge is 2.48. The Morgan fingerprint density at radius 2 is 1.96 bits per heavy atom. The smallest absolute Gasteiger partial charge is 0.303 e. The van der Waals surface area contributed by atoms with Gasteiger partial charge in [-0.3, -0.25) is 4.79 Å². The predicted octanol–water partition coefficient (Wildman–Crippen LogP) is 4.19. The van der Waals surface area contributed by atoms with Crippen molar-refractivity contribution in [1.29, 1.82) is 0 Å². The van der Waals surface area contributed by atoms with Crippen LogP contribution in [0.5, 0.6) is 0 Å². The summed E-state index contributed by atoms with van der Waals surface area (Å²) in [5, 5.41) is 8.66. The summed E-state index contributed by atoms with van der Waals surface area (Å²) in [5.41, 5.74) is 0. The number of hydrogen-bond donors (Lipinski definition) is 1. The molecule has 23 heavy (non-hydrogen) atoms. The normalized spacial score (nSPS) is 29.6. The Hall–Kier alpha value is -0.870. The lowest BCUT2D eigenvalue weighted by atomic mass is 9.78. The third-order valence-electron chi connectivity index (χ3n) is 5.14. The quantitative estimate of drug-likeness (QED) is 0.432. The summed E-state index contributed by atoms with van der Waals surface area (Å²) >= 11 is 0. The van der Waals surface area contributed by atoms with E-state index in [1.807, 2.05) is 6.08 Å². The van der Waals surface area contributed by atoms with Crippen molar-refractivity contribution in [3.05, 3.63) is 12.2 Å². The number of hydrogen-bond acceptors (Lipinski definition) is 3. The fraction of sp³-hybridized carbons (Fsp3) is 0.842. The van der Waals surface area contributed by atoms with Crippen molar-refractivity contribution in [2.45, 2.75) is 76.9 Å². The standard InChI is InChI=1S/C19H32O4/c1-2-3-4-8-13-22-14-16-15(17-11-12-18(16)23-17)9-6-5-7-10-19(20)21/h5-6,15-18H,2-4,7-14H2,1H3,(H,20,21)/t15-,16+,17-,18+/m0/s1. The molecular formula is C19H32O4. The number of allylic oxidation sites excluding steroid dienone is 2. The highest BCUT2D eigenvalue weighted by atomic mass is 16.5. The summed E-state index contributed by atoms with van der Waals surface area (Å²) in [5.74, 6) is 0.335. The van der Waals surface area contributed by atoms with E-state index in [4.69, 9.17) is 14.6 Å². The molecule has 0 aromatic heterocycles. The average Bonchev–Trinajstić information content (AvgIpc) is 3.12. The molecule has 4 heteroatoms. The average molecular weight is 324 g/mol. The van der Waals surface area contributed by atoms with Crippen molar-refractivity contribution in [2.24, 2.45) is 11.8 Å². The van der Waals surface area contributed by atoms with Crippen molar-refractivity contribution in [3.8, 4) is 0 Å². The van der Waals surface area contributed by atoms with Gasteiger partial charge in [0.05, 0.1) is 18.8 Å². The number of carboxylic acid groups (broad SMARTS) is 1. The van der Waals surface area contributed by atoms with Crippen LogP contribution >= 0.6 is 0 Å². The van der Waals surface area contributed by atoms with Crippen LogP contribution in [0.15, 0.2) is 12.2 Å². The maximum absolute atomic E-state index is 10.5. The van der Waals surface area contributed by atoms with Crippen LogP contribution in [0, 0.1) is 11.8 Å². The molecule has 2 aliphatic rings. The number of carboxylic acids is 1. The minimum absolute atomic E-state index is 0.216. The molecule has 2 heterocycles. The minimum Gasteiger partial charge on any atom is -0.481 e. The van der Waals surface area contributed by atoms with E-state index < -0.39 is 5.97 Å². The van der Waals surface area contributed by atoms with Crippen molar-refractivity contribution in [1.82, 2.24) is 0 Å². The second kappa shape index (κ2) is 10.1. The van der Waals surface area contributed by atoms with Crippen molar-refractivity contribution >= 4 is 5.97 Å². The van der Waals surface area contributed by atoms with Gasteiger partial charge in [0.15, 0.2) is 0 Å². The monoisotopic (exact) mass is 324 g/mol. The van der Waals surface area contributed by atoms with Crippen LogP contribution < -0.4 is 0 Å². The topological polar surface area (TPSA) is 55.8 Å². The third-order valence-corrected chi connectivity index (χ3v) is 5.14. The van der Waals surface area contributed by atoms with Gasteiger partial charge >= 0.3 is 5.97 Å². The highest BCUT2D eigenvalue weighted by Crippen LogP contribution is 2.45. The Kier molecular flexibility index (Phi) is 8.10. The molecule has 0 aromatic carbocycles. The zero-order valence-electron chi connectivity index (χ0n) is 14.4. The molecule has 2 fully saturated rings. The highest BCUT2D eigenvalue weighted by molar-refractivity contribution is 5.66. The van der Waals surface area contributed by atoms with Crippen molar-refractivity contribution in [3.63, 3.8) is 0 Å². The van der Waals surface area contributed by atoms with Crippen molar-refractivity contribution < 1.29 is 19.4 Å². The molecule has 2 saturated heterocycles. The van der Waals surface area contributed by atoms with Crippen molar-refractivity contribution in [2.75, 3.05) is 13.2 Å². The van der Waals surface area contributed by atoms with E-state index in [-0.39, 0.29) is 6.42 Å². The molecule has 0 unspecified atom stereocenters. The predicted molar refractivity (Wildman–Crippen MR) is 90.5 cm³/mol. The lowest BCUT2D eigenvalue weighted by molar-refractivity contribution is -0.136. The van der Waals surface area contributed by atoms with Gasteiger partial charge in [-0.1, -0.05) is 38.3 Å². The number of fused-ring (bicyclic) bond motifs is 2. The van der Waals surface area contributed by atoms with Crippen LogP contribution in [-0.2, 0) is 14.3 Å². The van der Waals surface area contributed by atoms with Crippen LogP contribution in [0.3, 0.4) is 0 Å². The Labute approximate surface area is 140 Å². The maximum Gasteiger partial charge on any atom is 0.303 e. The molecule has 0 saturated carbocycles. The molecule has 2 rings (SSSR count). The van der Waals surface area contributed by atoms with Crippen LogP contribution in [0.2, 0.25) is 0 Å². The Morgan fingerprint density at radius 3 is 2.70 bits per heavy atom. The van der Waals surface area contributed by atoms with Gasteiger partial charge in [-0.15, -0.1) is 0 Å². The van der Waals surface area contributed by atoms with Crippen LogP contribution in [-0.4, -0.2) is 36.5 Å². The molecule has 0 aromatic rings. The van der Waals surface area contributed by atoms with E-state index >= 15 is 0 Å². The molecule has 4 nitrogen and oxygen atoms in total. The molecule has 0 aliphatic carbocycles. The fourth-order valence-electron chi connectivity index (χ4n) is 3.86. The van der Waals surface area contributed by atoms with Gasteiger partial charge in [-0.2, -0.15) is 0 Å². The number of rotatable bonds is 12. The van der Waals surface area contributed by atoms with Gasteiger partial charge in [0.2, 0.25) is 0 Å². The first-order valence-corrected chi connectivity index (χ1v) is 9.32. The number of unbranched alkanes of at least 4 members (excludes halogenated alkanes) is 3. The summed E-state index contributed by atoms with van der Waals surface area (Å²) in [6, 6.07) is 0. The van der Waals surface area contributed by atoms with E-state index in [2.05, 4.69) is 13.0 Å². The van der Waals surface area contributed by atoms with E-state index in [0.29, 0.717) is 30.5 Å². The first-order chi connectivity index (χ1) is 11.2. The van der Waals surface area contributed by atoms with E-state index in [9.17, 15) is 4.79 Å². The van der Waals surface area contributed by atoms with Crippen LogP contribution in [0.1, 0.15) is 64.7 Å². The summed E-state index contributed by atoms with van der Waals surface area (Å²) < 4.78 is 12.0. The third kappa shape index (κ3) is 5.92. The lowest BCUT2D eigenvalue weighted by Gasteiger charge is -2.27. The molecular weight excluding hydrogens is 292 g/mol. The summed E-state index contributed by atoms with van der Waals surface area (Å²) in [4.78, 5) is 10.5. The van der Waals surface area contributed by atoms with Gasteiger partial charge in [-0.25, -0.2) is 0 Å². The zero-order valence-corrected chi connectivity index (χ0v) is 14.4. The van der Waals surface area contributed by atoms with E-state index in [0.717, 1.165) is 26.1 Å². The van der Waals surface area contributed by atoms with E-state index in [1.54, 1.807) is 0 Å². The number of aliphatic carboxylic acids is 1. The SMILES string of the molecule is CCCCCCOC[C@@H]1[C@H](CC=CCCC(=O)O)[C@@H]2CC[C@H]1O2. The first kappa shape index (κ1) is 18.5. The van der Waals surface area contributed by atoms with Gasteiger partial charge in [0.1, 0.15) is 0 Å². The van der Waals surface area contributed by atoms with E-state index in [1.165, 1.54) is 32.1 Å². The summed E-state index contributed by atoms with van der Waals surface area (Å²) in [7, 11) is 0. The largest absolute Gasteiger partial charge is 0.481 e. The van der Waals surface area contributed by atoms with Gasteiger partial charge in [0.25, 0.3) is 0 Å². The Morgan fingerprint density at radius 1 is 1.17 bits per heavy atom. The molecule has 132 valence electrons. The Bertz CT molecular complexity index is 380. The van der Waals surface area contributed by atoms with Crippen LogP contribution in [0.4, 0.5) is 0 Å². The van der Waals surface area contributed by atoms with Gasteiger partial charge in [0, 0.05) is 18.9 Å². The molecule has 0 radical (unpaired) electrons. The van der Waals surface area contributed by atoms with Gasteiger partial charge in [-0.05, 0) is 38.0 Å². The number of ether oxygens (including phenoxy) is 2. The second-order valence-electron chi connectivity index (χ2n) is 6.89.